The third kappa shape index (κ3) is 1.05. The number of halogens is 2. The number of ether oxygens (including phenoxy) is 1. The van der Waals surface area contributed by atoms with Gasteiger partial charge in [-0.25, -0.2) is 4.79 Å². The largest absolute Gasteiger partial charge is 0.464 e. The van der Waals surface area contributed by atoms with Gasteiger partial charge in [-0.2, -0.15) is 0 Å². The standard InChI is InChI=1S/C4H4Br2O2/c5-4(6)1-2-8-3(4)7/h1-2H2. The first-order valence-electron chi connectivity index (χ1n) is 2.18. The molecular formula is C4H4Br2O2. The highest BCUT2D eigenvalue weighted by molar-refractivity contribution is 9.25. The molecule has 46 valence electrons. The second-order valence-corrected chi connectivity index (χ2v) is 5.36. The molecule has 0 amide bonds. The van der Waals surface area contributed by atoms with E-state index in [-0.39, 0.29) is 5.97 Å². The fourth-order valence-corrected chi connectivity index (χ4v) is 1.03. The lowest BCUT2D eigenvalue weighted by atomic mass is 10.4. The van der Waals surface area contributed by atoms with Crippen LogP contribution < -0.4 is 0 Å². The number of carbonyl (C=O) groups is 1. The van der Waals surface area contributed by atoms with Crippen molar-refractivity contribution in [2.75, 3.05) is 6.61 Å². The molecule has 0 aliphatic carbocycles. The molecule has 2 nitrogen and oxygen atoms in total. The summed E-state index contributed by atoms with van der Waals surface area (Å²) in [6.45, 7) is 0.509. The number of hydrogen-bond acceptors (Lipinski definition) is 2. The predicted octanol–water partition coefficient (Wildman–Crippen LogP) is 1.42. The zero-order valence-corrected chi connectivity index (χ0v) is 7.16. The van der Waals surface area contributed by atoms with Crippen LogP contribution in [-0.2, 0) is 9.53 Å². The second-order valence-electron chi connectivity index (χ2n) is 1.59. The fraction of sp³-hybridized carbons (Fsp3) is 0.750. The molecule has 1 heterocycles. The molecule has 0 unspecified atom stereocenters. The van der Waals surface area contributed by atoms with Gasteiger partial charge < -0.3 is 4.74 Å². The highest BCUT2D eigenvalue weighted by atomic mass is 79.9. The van der Waals surface area contributed by atoms with E-state index in [1.54, 1.807) is 0 Å². The molecule has 1 fully saturated rings. The van der Waals surface area contributed by atoms with Crippen LogP contribution in [0, 0.1) is 0 Å². The molecule has 0 bridgehead atoms. The van der Waals surface area contributed by atoms with Crippen LogP contribution in [0.3, 0.4) is 0 Å². The first-order valence-corrected chi connectivity index (χ1v) is 3.76. The molecular weight excluding hydrogens is 240 g/mol. The topological polar surface area (TPSA) is 26.3 Å². The molecule has 0 atom stereocenters. The van der Waals surface area contributed by atoms with Crippen molar-refractivity contribution >= 4 is 37.8 Å². The summed E-state index contributed by atoms with van der Waals surface area (Å²) in [4.78, 5) is 10.6. The lowest BCUT2D eigenvalue weighted by Crippen LogP contribution is -2.16. The van der Waals surface area contributed by atoms with E-state index in [0.717, 1.165) is 0 Å². The Kier molecular flexibility index (Phi) is 1.63. The van der Waals surface area contributed by atoms with Gasteiger partial charge in [0.25, 0.3) is 0 Å². The van der Waals surface area contributed by atoms with Crippen LogP contribution in [0.15, 0.2) is 0 Å². The van der Waals surface area contributed by atoms with Gasteiger partial charge in [0.15, 0.2) is 3.23 Å². The van der Waals surface area contributed by atoms with Gasteiger partial charge in [0.05, 0.1) is 6.61 Å². The van der Waals surface area contributed by atoms with Crippen molar-refractivity contribution in [3.8, 4) is 0 Å². The van der Waals surface area contributed by atoms with Crippen molar-refractivity contribution < 1.29 is 9.53 Å². The van der Waals surface area contributed by atoms with Gasteiger partial charge in [0, 0.05) is 6.42 Å². The molecule has 0 saturated carbocycles. The van der Waals surface area contributed by atoms with Crippen LogP contribution >= 0.6 is 31.9 Å². The summed E-state index contributed by atoms with van der Waals surface area (Å²) in [7, 11) is 0. The van der Waals surface area contributed by atoms with Gasteiger partial charge in [-0.15, -0.1) is 0 Å². The number of esters is 1. The van der Waals surface area contributed by atoms with E-state index in [0.29, 0.717) is 13.0 Å². The van der Waals surface area contributed by atoms with Crippen molar-refractivity contribution in [1.82, 2.24) is 0 Å². The van der Waals surface area contributed by atoms with Crippen LogP contribution in [0.25, 0.3) is 0 Å². The second kappa shape index (κ2) is 1.99. The molecule has 1 aliphatic heterocycles. The van der Waals surface area contributed by atoms with Gasteiger partial charge >= 0.3 is 5.97 Å². The lowest BCUT2D eigenvalue weighted by molar-refractivity contribution is -0.137. The average Bonchev–Trinajstić information content (AvgIpc) is 1.86. The van der Waals surface area contributed by atoms with Crippen LogP contribution in [0.1, 0.15) is 6.42 Å². The Bertz CT molecular complexity index is 121. The number of rotatable bonds is 0. The summed E-state index contributed by atoms with van der Waals surface area (Å²) in [5.74, 6) is -0.225. The highest BCUT2D eigenvalue weighted by Gasteiger charge is 2.39. The van der Waals surface area contributed by atoms with E-state index in [1.807, 2.05) is 0 Å². The fourth-order valence-electron chi connectivity index (χ4n) is 0.480. The van der Waals surface area contributed by atoms with E-state index in [2.05, 4.69) is 36.6 Å². The van der Waals surface area contributed by atoms with E-state index < -0.39 is 3.23 Å². The van der Waals surface area contributed by atoms with E-state index >= 15 is 0 Å². The molecule has 0 aromatic rings. The quantitative estimate of drug-likeness (QED) is 0.475. The Morgan fingerprint density at radius 3 is 2.38 bits per heavy atom. The van der Waals surface area contributed by atoms with Crippen LogP contribution in [-0.4, -0.2) is 15.8 Å². The predicted molar refractivity (Wildman–Crippen MR) is 36.2 cm³/mol. The molecule has 1 rings (SSSR count). The van der Waals surface area contributed by atoms with Crippen LogP contribution in [0.5, 0.6) is 0 Å². The van der Waals surface area contributed by atoms with Crippen LogP contribution in [0.2, 0.25) is 0 Å². The van der Waals surface area contributed by atoms with Crippen molar-refractivity contribution in [1.29, 1.82) is 0 Å². The Labute approximate surface area is 63.8 Å². The minimum absolute atomic E-state index is 0.225. The van der Waals surface area contributed by atoms with E-state index in [1.165, 1.54) is 0 Å². The van der Waals surface area contributed by atoms with Gasteiger partial charge in [0.1, 0.15) is 0 Å². The zero-order valence-electron chi connectivity index (χ0n) is 3.99. The minimum atomic E-state index is -0.583. The monoisotopic (exact) mass is 242 g/mol. The zero-order chi connectivity index (χ0) is 6.20. The Morgan fingerprint density at radius 1 is 1.62 bits per heavy atom. The summed E-state index contributed by atoms with van der Waals surface area (Å²) in [5.41, 5.74) is 0. The maximum Gasteiger partial charge on any atom is 0.333 e. The summed E-state index contributed by atoms with van der Waals surface area (Å²) < 4.78 is 4.05. The molecule has 1 aliphatic rings. The molecule has 0 aromatic carbocycles. The Balaban J connectivity index is 2.68. The highest BCUT2D eigenvalue weighted by Crippen LogP contribution is 2.35. The summed E-state index contributed by atoms with van der Waals surface area (Å²) in [6.07, 6.45) is 0.700. The Morgan fingerprint density at radius 2 is 2.25 bits per heavy atom. The minimum Gasteiger partial charge on any atom is -0.464 e. The van der Waals surface area contributed by atoms with Gasteiger partial charge in [-0.3, -0.25) is 0 Å². The van der Waals surface area contributed by atoms with E-state index in [4.69, 9.17) is 0 Å². The van der Waals surface area contributed by atoms with Crippen molar-refractivity contribution in [2.24, 2.45) is 0 Å². The molecule has 0 spiro atoms. The Hall–Kier alpha value is 0.430. The number of carbonyl (C=O) groups excluding carboxylic acids is 1. The number of cyclic esters (lactones) is 1. The summed E-state index contributed by atoms with van der Waals surface area (Å²) in [6, 6.07) is 0. The first kappa shape index (κ1) is 6.55. The molecule has 0 N–H and O–H groups in total. The van der Waals surface area contributed by atoms with E-state index in [9.17, 15) is 4.79 Å². The number of hydrogen-bond donors (Lipinski definition) is 0. The molecule has 0 radical (unpaired) electrons. The van der Waals surface area contributed by atoms with Gasteiger partial charge in [0.2, 0.25) is 0 Å². The molecule has 0 aromatic heterocycles. The summed E-state index contributed by atoms with van der Waals surface area (Å²) >= 11 is 6.30. The molecule has 8 heavy (non-hydrogen) atoms. The van der Waals surface area contributed by atoms with Gasteiger partial charge in [-0.05, 0) is 0 Å². The summed E-state index contributed by atoms with van der Waals surface area (Å²) in [5, 5.41) is 0. The molecule has 1 saturated heterocycles. The maximum absolute atomic E-state index is 10.6. The lowest BCUT2D eigenvalue weighted by Gasteiger charge is -2.02. The average molecular weight is 244 g/mol. The van der Waals surface area contributed by atoms with Crippen molar-refractivity contribution in [3.63, 3.8) is 0 Å². The maximum atomic E-state index is 10.6. The third-order valence-electron chi connectivity index (χ3n) is 0.948. The number of alkyl halides is 2. The SMILES string of the molecule is O=C1OCCC1(Br)Br. The van der Waals surface area contributed by atoms with Gasteiger partial charge in [-0.1, -0.05) is 31.9 Å². The third-order valence-corrected chi connectivity index (χ3v) is 2.39. The van der Waals surface area contributed by atoms with Crippen LogP contribution in [0.4, 0.5) is 0 Å². The molecule has 4 heteroatoms. The van der Waals surface area contributed by atoms with Crippen molar-refractivity contribution in [3.05, 3.63) is 0 Å². The first-order chi connectivity index (χ1) is 3.63. The van der Waals surface area contributed by atoms with Crippen molar-refractivity contribution in [2.45, 2.75) is 9.65 Å². The smallest absolute Gasteiger partial charge is 0.333 e. The normalized spacial score (nSPS) is 25.5.